The van der Waals surface area contributed by atoms with Gasteiger partial charge in [-0.05, 0) is 55.0 Å². The molecule has 0 saturated heterocycles. The van der Waals surface area contributed by atoms with Crippen LogP contribution in [0.15, 0.2) is 35.9 Å². The molecule has 0 bridgehead atoms. The number of aliphatic carboxylic acids is 1. The number of halogens is 2. The number of para-hydroxylation sites is 1. The topological polar surface area (TPSA) is 88.5 Å². The fraction of sp³-hybridized carbons (Fsp3) is 0.296. The molecule has 1 aliphatic rings. The van der Waals surface area contributed by atoms with E-state index in [0.29, 0.717) is 6.61 Å². The number of aryl methyl sites for hydroxylation is 1. The number of carboxylic acid groups (broad SMARTS) is 1. The molecular weight excluding hydrogens is 486 g/mol. The summed E-state index contributed by atoms with van der Waals surface area (Å²) in [6, 6.07) is 7.67. The maximum Gasteiger partial charge on any atom is 0.331 e. The van der Waals surface area contributed by atoms with Crippen molar-refractivity contribution in [2.45, 2.75) is 47.1 Å². The van der Waals surface area contributed by atoms with E-state index in [9.17, 15) is 18.4 Å². The Morgan fingerprint density at radius 3 is 2.56 bits per heavy atom. The number of nitrogens with one attached hydrogen (secondary N) is 1. The van der Waals surface area contributed by atoms with E-state index in [4.69, 9.17) is 9.84 Å². The maximum absolute atomic E-state index is 14.5. The molecule has 0 unspecified atom stereocenters. The average Bonchev–Trinajstić information content (AvgIpc) is 3.22. The molecule has 0 saturated carbocycles. The molecule has 6 nitrogen and oxygen atoms in total. The summed E-state index contributed by atoms with van der Waals surface area (Å²) >= 11 is 1.24. The number of hydrogen-bond acceptors (Lipinski definition) is 5. The third-order valence-corrected chi connectivity index (χ3v) is 6.75. The summed E-state index contributed by atoms with van der Waals surface area (Å²) in [5.74, 6) is -3.31. The van der Waals surface area contributed by atoms with Crippen LogP contribution >= 0.6 is 11.3 Å². The van der Waals surface area contributed by atoms with Gasteiger partial charge in [-0.25, -0.2) is 18.6 Å². The number of thiazole rings is 1. The lowest BCUT2D eigenvalue weighted by Crippen LogP contribution is -2.13. The number of anilines is 1. The van der Waals surface area contributed by atoms with Crippen molar-refractivity contribution in [3.05, 3.63) is 69.1 Å². The Balaban J connectivity index is 1.57. The molecule has 3 aromatic rings. The summed E-state index contributed by atoms with van der Waals surface area (Å²) in [6.07, 6.45) is 2.75. The molecule has 0 atom stereocenters. The number of carbonyl (C=O) groups is 2. The van der Waals surface area contributed by atoms with Crippen molar-refractivity contribution in [3.63, 3.8) is 0 Å². The zero-order chi connectivity index (χ0) is 26.2. The van der Waals surface area contributed by atoms with Crippen LogP contribution in [-0.2, 0) is 17.8 Å². The van der Waals surface area contributed by atoms with E-state index in [2.05, 4.69) is 31.1 Å². The quantitative estimate of drug-likeness (QED) is 0.359. The van der Waals surface area contributed by atoms with E-state index in [-0.39, 0.29) is 21.7 Å². The van der Waals surface area contributed by atoms with Gasteiger partial charge in [-0.15, -0.1) is 0 Å². The zero-order valence-electron chi connectivity index (χ0n) is 20.4. The number of aromatic nitrogens is 1. The second kappa shape index (κ2) is 9.81. The molecule has 1 aliphatic heterocycles. The van der Waals surface area contributed by atoms with E-state index in [1.54, 1.807) is 0 Å². The van der Waals surface area contributed by atoms with Crippen molar-refractivity contribution < 1.29 is 28.2 Å². The van der Waals surface area contributed by atoms with Crippen molar-refractivity contribution in [1.82, 2.24) is 4.98 Å². The number of fused-ring (bicyclic) bond motifs is 3. The monoisotopic (exact) mass is 512 g/mol. The van der Waals surface area contributed by atoms with Crippen LogP contribution < -0.4 is 10.1 Å². The van der Waals surface area contributed by atoms with E-state index < -0.39 is 29.1 Å². The van der Waals surface area contributed by atoms with Crippen molar-refractivity contribution in [1.29, 1.82) is 0 Å². The third kappa shape index (κ3) is 5.46. The number of rotatable bonds is 6. The summed E-state index contributed by atoms with van der Waals surface area (Å²) in [5.41, 5.74) is 1.85. The van der Waals surface area contributed by atoms with Gasteiger partial charge in [0.2, 0.25) is 0 Å². The zero-order valence-corrected chi connectivity index (χ0v) is 21.2. The Kier molecular flexibility index (Phi) is 6.95. The molecule has 2 N–H and O–H groups in total. The highest BCUT2D eigenvalue weighted by atomic mass is 32.1. The highest BCUT2D eigenvalue weighted by Gasteiger charge is 2.26. The lowest BCUT2D eigenvalue weighted by Gasteiger charge is -2.22. The number of nitrogens with zero attached hydrogens (tertiary/aromatic N) is 1. The van der Waals surface area contributed by atoms with Crippen molar-refractivity contribution >= 4 is 34.4 Å². The number of benzene rings is 2. The molecule has 188 valence electrons. The minimum atomic E-state index is -1.30. The Labute approximate surface area is 211 Å². The Morgan fingerprint density at radius 2 is 1.92 bits per heavy atom. The van der Waals surface area contributed by atoms with Crippen LogP contribution in [0.5, 0.6) is 5.75 Å². The summed E-state index contributed by atoms with van der Waals surface area (Å²) in [6.45, 7) is 8.11. The normalized spacial score (nSPS) is 13.0. The molecule has 0 aliphatic carbocycles. The predicted octanol–water partition coefficient (Wildman–Crippen LogP) is 6.70. The fourth-order valence-corrected chi connectivity index (χ4v) is 4.68. The third-order valence-electron chi connectivity index (χ3n) is 5.80. The maximum atomic E-state index is 14.5. The van der Waals surface area contributed by atoms with Crippen LogP contribution in [0.25, 0.3) is 17.3 Å². The number of amides is 1. The van der Waals surface area contributed by atoms with Gasteiger partial charge in [0, 0.05) is 22.3 Å². The molecule has 0 radical (unpaired) electrons. The predicted molar refractivity (Wildman–Crippen MR) is 135 cm³/mol. The molecule has 2 heterocycles. The van der Waals surface area contributed by atoms with E-state index in [0.717, 1.165) is 58.5 Å². The van der Waals surface area contributed by atoms with Gasteiger partial charge in [-0.1, -0.05) is 44.2 Å². The van der Waals surface area contributed by atoms with Crippen molar-refractivity contribution in [3.8, 4) is 17.0 Å². The second-order valence-corrected chi connectivity index (χ2v) is 11.0. The van der Waals surface area contributed by atoms with E-state index >= 15 is 0 Å². The smallest absolute Gasteiger partial charge is 0.331 e. The summed E-state index contributed by atoms with van der Waals surface area (Å²) < 4.78 is 35.0. The SMILES string of the molecule is CC(=Cc1c(F)cc(C(=O)Nc2nc3c(s2)COc2c(CCC(C)(C)C)cccc2-3)cc1F)C(=O)O. The van der Waals surface area contributed by atoms with Crippen LogP contribution in [0.3, 0.4) is 0 Å². The van der Waals surface area contributed by atoms with Gasteiger partial charge in [-0.3, -0.25) is 10.1 Å². The fourth-order valence-electron chi connectivity index (χ4n) is 3.80. The van der Waals surface area contributed by atoms with Crippen molar-refractivity contribution in [2.24, 2.45) is 5.41 Å². The van der Waals surface area contributed by atoms with Crippen LogP contribution in [0, 0.1) is 17.0 Å². The molecule has 0 fully saturated rings. The van der Waals surface area contributed by atoms with E-state index in [1.807, 2.05) is 18.2 Å². The molecule has 2 aromatic carbocycles. The molecule has 36 heavy (non-hydrogen) atoms. The van der Waals surface area contributed by atoms with Gasteiger partial charge in [0.15, 0.2) is 5.13 Å². The van der Waals surface area contributed by atoms with Crippen LogP contribution in [-0.4, -0.2) is 22.0 Å². The Bertz CT molecular complexity index is 1370. The first-order valence-electron chi connectivity index (χ1n) is 11.4. The summed E-state index contributed by atoms with van der Waals surface area (Å²) in [4.78, 5) is 29.1. The van der Waals surface area contributed by atoms with Crippen molar-refractivity contribution in [2.75, 3.05) is 5.32 Å². The first-order chi connectivity index (χ1) is 16.9. The van der Waals surface area contributed by atoms with Gasteiger partial charge >= 0.3 is 5.97 Å². The minimum Gasteiger partial charge on any atom is -0.487 e. The minimum absolute atomic E-state index is 0.184. The molecule has 9 heteroatoms. The highest BCUT2D eigenvalue weighted by molar-refractivity contribution is 7.16. The van der Waals surface area contributed by atoms with Gasteiger partial charge in [0.1, 0.15) is 24.0 Å². The van der Waals surface area contributed by atoms with Gasteiger partial charge < -0.3 is 9.84 Å². The van der Waals surface area contributed by atoms with Gasteiger partial charge in [0.05, 0.1) is 10.6 Å². The molecule has 0 spiro atoms. The Morgan fingerprint density at radius 1 is 1.22 bits per heavy atom. The van der Waals surface area contributed by atoms with Crippen LogP contribution in [0.4, 0.5) is 13.9 Å². The van der Waals surface area contributed by atoms with E-state index in [1.165, 1.54) is 18.3 Å². The van der Waals surface area contributed by atoms with Crippen LogP contribution in [0.1, 0.15) is 60.5 Å². The first-order valence-corrected chi connectivity index (χ1v) is 12.2. The molecular formula is C27H26F2N2O4S. The standard InChI is InChI=1S/C27H26F2N2O4S/c1-14(25(33)34)10-18-19(28)11-16(12-20(18)29)24(32)31-26-30-22-17-7-5-6-15(8-9-27(2,3)4)23(17)35-13-21(22)36-26/h5-7,10-12H,8-9,13H2,1-4H3,(H,33,34)(H,30,31,32). The van der Waals surface area contributed by atoms with Gasteiger partial charge in [0.25, 0.3) is 5.91 Å². The number of carbonyl (C=O) groups excluding carboxylic acids is 1. The summed E-state index contributed by atoms with van der Waals surface area (Å²) in [5, 5.41) is 11.8. The molecule has 1 aromatic heterocycles. The highest BCUT2D eigenvalue weighted by Crippen LogP contribution is 2.43. The average molecular weight is 513 g/mol. The number of hydrogen-bond donors (Lipinski definition) is 2. The molecule has 1 amide bonds. The second-order valence-electron chi connectivity index (χ2n) is 9.87. The van der Waals surface area contributed by atoms with Gasteiger partial charge in [-0.2, -0.15) is 0 Å². The first kappa shape index (κ1) is 25.5. The summed E-state index contributed by atoms with van der Waals surface area (Å²) in [7, 11) is 0. The largest absolute Gasteiger partial charge is 0.487 e. The molecule has 4 rings (SSSR count). The lowest BCUT2D eigenvalue weighted by molar-refractivity contribution is -0.132. The Hall–Kier alpha value is -3.59. The van der Waals surface area contributed by atoms with Crippen LogP contribution in [0.2, 0.25) is 0 Å². The number of ether oxygens (including phenoxy) is 1. The lowest BCUT2D eigenvalue weighted by atomic mass is 9.88. The number of carboxylic acids is 1.